The van der Waals surface area contributed by atoms with Gasteiger partial charge in [-0.05, 0) is 29.1 Å². The lowest BCUT2D eigenvalue weighted by atomic mass is 10.1. The molecule has 3 rings (SSSR count). The fourth-order valence-electron chi connectivity index (χ4n) is 2.71. The van der Waals surface area contributed by atoms with Crippen LogP contribution in [0.5, 0.6) is 0 Å². The number of halogens is 1. The molecule has 1 fully saturated rings. The normalized spacial score (nSPS) is 16.0. The molecule has 2 heterocycles. The molecule has 0 aliphatic carbocycles. The van der Waals surface area contributed by atoms with Crippen LogP contribution in [0.3, 0.4) is 0 Å². The number of hydrogen-bond donors (Lipinski definition) is 0. The van der Waals surface area contributed by atoms with E-state index in [1.165, 1.54) is 4.88 Å². The Balaban J connectivity index is 1.49. The maximum Gasteiger partial charge on any atom is 0.227 e. The van der Waals surface area contributed by atoms with E-state index in [4.69, 9.17) is 11.6 Å². The van der Waals surface area contributed by atoms with Crippen molar-refractivity contribution in [2.75, 3.05) is 26.2 Å². The van der Waals surface area contributed by atoms with Crippen molar-refractivity contribution in [3.05, 3.63) is 57.2 Å². The van der Waals surface area contributed by atoms with Gasteiger partial charge < -0.3 is 4.90 Å². The molecule has 1 amide bonds. The summed E-state index contributed by atoms with van der Waals surface area (Å²) in [7, 11) is 0. The number of piperazine rings is 1. The molecule has 3 nitrogen and oxygen atoms in total. The van der Waals surface area contributed by atoms with Crippen LogP contribution in [-0.2, 0) is 17.8 Å². The highest BCUT2D eigenvalue weighted by Gasteiger charge is 2.21. The van der Waals surface area contributed by atoms with Crippen LogP contribution in [0, 0.1) is 0 Å². The minimum absolute atomic E-state index is 0.193. The smallest absolute Gasteiger partial charge is 0.227 e. The molecular weight excluding hydrogens is 316 g/mol. The highest BCUT2D eigenvalue weighted by atomic mass is 35.5. The Morgan fingerprint density at radius 1 is 1.14 bits per heavy atom. The summed E-state index contributed by atoms with van der Waals surface area (Å²) in [5.41, 5.74) is 0.985. The quantitative estimate of drug-likeness (QED) is 0.856. The van der Waals surface area contributed by atoms with Crippen LogP contribution in [0.25, 0.3) is 0 Å². The van der Waals surface area contributed by atoms with Crippen LogP contribution in [0.1, 0.15) is 10.4 Å². The molecule has 1 aliphatic heterocycles. The Morgan fingerprint density at radius 2 is 1.95 bits per heavy atom. The molecule has 2 aromatic rings. The standard InChI is InChI=1S/C17H19ClN2OS/c18-15-4-1-3-14(11-15)12-17(21)20-8-6-19(7-9-20)13-16-5-2-10-22-16/h1-5,10-11H,6-9,12-13H2. The largest absolute Gasteiger partial charge is 0.340 e. The Morgan fingerprint density at radius 3 is 2.64 bits per heavy atom. The third-order valence-electron chi connectivity index (χ3n) is 3.93. The molecule has 1 aromatic heterocycles. The first-order valence-electron chi connectivity index (χ1n) is 7.48. The average Bonchev–Trinajstić information content (AvgIpc) is 3.01. The van der Waals surface area contributed by atoms with E-state index in [1.807, 2.05) is 29.2 Å². The van der Waals surface area contributed by atoms with Gasteiger partial charge in [0.25, 0.3) is 0 Å². The molecule has 1 aliphatic rings. The zero-order chi connectivity index (χ0) is 15.4. The number of nitrogens with zero attached hydrogens (tertiary/aromatic N) is 2. The predicted octanol–water partition coefficient (Wildman–Crippen LogP) is 3.29. The second kappa shape index (κ2) is 7.27. The fraction of sp³-hybridized carbons (Fsp3) is 0.353. The van der Waals surface area contributed by atoms with Crippen LogP contribution in [0.2, 0.25) is 5.02 Å². The van der Waals surface area contributed by atoms with E-state index in [1.54, 1.807) is 11.3 Å². The van der Waals surface area contributed by atoms with Crippen molar-refractivity contribution in [3.8, 4) is 0 Å². The highest BCUT2D eigenvalue weighted by Crippen LogP contribution is 2.15. The summed E-state index contributed by atoms with van der Waals surface area (Å²) in [5, 5.41) is 2.80. The van der Waals surface area contributed by atoms with Gasteiger partial charge in [-0.15, -0.1) is 11.3 Å². The fourth-order valence-corrected chi connectivity index (χ4v) is 3.67. The van der Waals surface area contributed by atoms with E-state index in [2.05, 4.69) is 22.4 Å². The molecule has 0 saturated carbocycles. The van der Waals surface area contributed by atoms with Crippen molar-refractivity contribution in [1.82, 2.24) is 9.80 Å². The molecule has 0 N–H and O–H groups in total. The zero-order valence-electron chi connectivity index (χ0n) is 12.4. The van der Waals surface area contributed by atoms with Crippen LogP contribution < -0.4 is 0 Å². The number of benzene rings is 1. The molecule has 1 aromatic carbocycles. The molecular formula is C17H19ClN2OS. The van der Waals surface area contributed by atoms with Crippen molar-refractivity contribution < 1.29 is 4.79 Å². The Bertz CT molecular complexity index is 621. The Labute approximate surface area is 140 Å². The van der Waals surface area contributed by atoms with Gasteiger partial charge >= 0.3 is 0 Å². The third-order valence-corrected chi connectivity index (χ3v) is 5.03. The van der Waals surface area contributed by atoms with Gasteiger partial charge in [0.15, 0.2) is 0 Å². The van der Waals surface area contributed by atoms with Gasteiger partial charge in [-0.1, -0.05) is 29.8 Å². The van der Waals surface area contributed by atoms with E-state index >= 15 is 0 Å². The Kier molecular flexibility index (Phi) is 5.13. The Hall–Kier alpha value is -1.36. The van der Waals surface area contributed by atoms with Crippen molar-refractivity contribution in [2.45, 2.75) is 13.0 Å². The van der Waals surface area contributed by atoms with E-state index < -0.39 is 0 Å². The van der Waals surface area contributed by atoms with Gasteiger partial charge in [-0.3, -0.25) is 9.69 Å². The summed E-state index contributed by atoms with van der Waals surface area (Å²) >= 11 is 7.76. The maximum atomic E-state index is 12.4. The minimum atomic E-state index is 0.193. The van der Waals surface area contributed by atoms with Crippen molar-refractivity contribution >= 4 is 28.8 Å². The number of hydrogen-bond acceptors (Lipinski definition) is 3. The highest BCUT2D eigenvalue weighted by molar-refractivity contribution is 7.09. The van der Waals surface area contributed by atoms with Crippen LogP contribution >= 0.6 is 22.9 Å². The van der Waals surface area contributed by atoms with E-state index in [-0.39, 0.29) is 5.91 Å². The summed E-state index contributed by atoms with van der Waals surface area (Å²) in [6.45, 7) is 4.50. The summed E-state index contributed by atoms with van der Waals surface area (Å²) in [5.74, 6) is 0.193. The molecule has 0 spiro atoms. The second-order valence-electron chi connectivity index (χ2n) is 5.54. The zero-order valence-corrected chi connectivity index (χ0v) is 13.9. The monoisotopic (exact) mass is 334 g/mol. The number of thiophene rings is 1. The summed E-state index contributed by atoms with van der Waals surface area (Å²) in [4.78, 5) is 18.1. The van der Waals surface area contributed by atoms with Gasteiger partial charge in [-0.25, -0.2) is 0 Å². The molecule has 5 heteroatoms. The topological polar surface area (TPSA) is 23.6 Å². The predicted molar refractivity (Wildman–Crippen MR) is 91.3 cm³/mol. The van der Waals surface area contributed by atoms with Crippen molar-refractivity contribution in [1.29, 1.82) is 0 Å². The summed E-state index contributed by atoms with van der Waals surface area (Å²) in [6.07, 6.45) is 0.436. The average molecular weight is 335 g/mol. The van der Waals surface area contributed by atoms with Gasteiger partial charge in [-0.2, -0.15) is 0 Å². The van der Waals surface area contributed by atoms with E-state index in [0.717, 1.165) is 38.3 Å². The molecule has 0 radical (unpaired) electrons. The summed E-state index contributed by atoms with van der Waals surface area (Å²) in [6, 6.07) is 11.8. The van der Waals surface area contributed by atoms with Gasteiger partial charge in [0, 0.05) is 42.6 Å². The first-order chi connectivity index (χ1) is 10.7. The van der Waals surface area contributed by atoms with Crippen molar-refractivity contribution in [2.24, 2.45) is 0 Å². The SMILES string of the molecule is O=C(Cc1cccc(Cl)c1)N1CCN(Cc2cccs2)CC1. The first kappa shape index (κ1) is 15.5. The molecule has 0 unspecified atom stereocenters. The van der Waals surface area contributed by atoms with Crippen LogP contribution in [0.15, 0.2) is 41.8 Å². The van der Waals surface area contributed by atoms with Gasteiger partial charge in [0.2, 0.25) is 5.91 Å². The third kappa shape index (κ3) is 4.09. The minimum Gasteiger partial charge on any atom is -0.340 e. The number of carbonyl (C=O) groups excluding carboxylic acids is 1. The first-order valence-corrected chi connectivity index (χ1v) is 8.73. The molecule has 116 valence electrons. The van der Waals surface area contributed by atoms with Crippen LogP contribution in [0.4, 0.5) is 0 Å². The molecule has 22 heavy (non-hydrogen) atoms. The number of carbonyl (C=O) groups is 1. The molecule has 0 bridgehead atoms. The van der Waals surface area contributed by atoms with Gasteiger partial charge in [0.05, 0.1) is 6.42 Å². The van der Waals surface area contributed by atoms with E-state index in [9.17, 15) is 4.79 Å². The number of rotatable bonds is 4. The molecule has 1 saturated heterocycles. The lowest BCUT2D eigenvalue weighted by Crippen LogP contribution is -2.48. The number of amides is 1. The lowest BCUT2D eigenvalue weighted by molar-refractivity contribution is -0.132. The van der Waals surface area contributed by atoms with Gasteiger partial charge in [0.1, 0.15) is 0 Å². The summed E-state index contributed by atoms with van der Waals surface area (Å²) < 4.78 is 0. The molecule has 0 atom stereocenters. The maximum absolute atomic E-state index is 12.4. The second-order valence-corrected chi connectivity index (χ2v) is 7.01. The van der Waals surface area contributed by atoms with E-state index in [0.29, 0.717) is 11.4 Å². The van der Waals surface area contributed by atoms with Crippen LogP contribution in [-0.4, -0.2) is 41.9 Å². The lowest BCUT2D eigenvalue weighted by Gasteiger charge is -2.34. The van der Waals surface area contributed by atoms with Crippen molar-refractivity contribution in [3.63, 3.8) is 0 Å².